The van der Waals surface area contributed by atoms with E-state index in [0.29, 0.717) is 4.90 Å². The lowest BCUT2D eigenvalue weighted by molar-refractivity contribution is 0.587. The average molecular weight is 239 g/mol. The topological polar surface area (TPSA) is 34.1 Å². The van der Waals surface area contributed by atoms with E-state index in [9.17, 15) is 8.42 Å². The zero-order chi connectivity index (χ0) is 11.9. The second-order valence-electron chi connectivity index (χ2n) is 3.97. The van der Waals surface area contributed by atoms with Crippen LogP contribution in [0, 0.1) is 6.07 Å². The van der Waals surface area contributed by atoms with E-state index in [2.05, 4.69) is 13.0 Å². The maximum atomic E-state index is 11.9. The Balaban J connectivity index is 2.41. The molecule has 2 nitrogen and oxygen atoms in total. The van der Waals surface area contributed by atoms with Gasteiger partial charge in [-0.2, -0.15) is 0 Å². The first kappa shape index (κ1) is 13.2. The Labute approximate surface area is 98.6 Å². The van der Waals surface area contributed by atoms with Gasteiger partial charge in [-0.15, -0.1) is 0 Å². The molecule has 89 valence electrons. The van der Waals surface area contributed by atoms with E-state index < -0.39 is 9.84 Å². The Kier molecular flexibility index (Phi) is 5.53. The zero-order valence-electron chi connectivity index (χ0n) is 9.78. The molecule has 0 aliphatic heterocycles. The van der Waals surface area contributed by atoms with Crippen molar-refractivity contribution in [3.05, 3.63) is 30.3 Å². The minimum Gasteiger partial charge on any atom is -0.224 e. The standard InChI is InChI=1S/C13H19O2S/c1-2-3-4-5-9-12-16(14,15)13-10-7-6-8-11-13/h7-8,10-11H,2-5,9,12H2,1H3. The van der Waals surface area contributed by atoms with Gasteiger partial charge < -0.3 is 0 Å². The molecular formula is C13H19O2S. The molecule has 0 aliphatic rings. The van der Waals surface area contributed by atoms with Gasteiger partial charge >= 0.3 is 0 Å². The number of sulfone groups is 1. The van der Waals surface area contributed by atoms with E-state index in [1.54, 1.807) is 24.3 Å². The monoisotopic (exact) mass is 239 g/mol. The van der Waals surface area contributed by atoms with Crippen LogP contribution in [0.2, 0.25) is 0 Å². The molecule has 1 aromatic rings. The van der Waals surface area contributed by atoms with Gasteiger partial charge in [-0.25, -0.2) is 8.42 Å². The smallest absolute Gasteiger partial charge is 0.178 e. The quantitative estimate of drug-likeness (QED) is 0.685. The van der Waals surface area contributed by atoms with E-state index in [1.807, 2.05) is 0 Å². The van der Waals surface area contributed by atoms with Crippen molar-refractivity contribution < 1.29 is 8.42 Å². The predicted octanol–water partition coefficient (Wildman–Crippen LogP) is 3.23. The molecule has 1 aromatic carbocycles. The fourth-order valence-electron chi connectivity index (χ4n) is 1.59. The predicted molar refractivity (Wildman–Crippen MR) is 66.1 cm³/mol. The van der Waals surface area contributed by atoms with Crippen LogP contribution in [0.3, 0.4) is 0 Å². The van der Waals surface area contributed by atoms with Gasteiger partial charge in [0.2, 0.25) is 0 Å². The lowest BCUT2D eigenvalue weighted by Gasteiger charge is -2.03. The first-order chi connectivity index (χ1) is 7.67. The van der Waals surface area contributed by atoms with E-state index in [4.69, 9.17) is 0 Å². The highest BCUT2D eigenvalue weighted by molar-refractivity contribution is 7.91. The van der Waals surface area contributed by atoms with Gasteiger partial charge in [0.1, 0.15) is 0 Å². The Hall–Kier alpha value is -0.830. The molecule has 0 atom stereocenters. The third kappa shape index (κ3) is 4.35. The summed E-state index contributed by atoms with van der Waals surface area (Å²) in [6, 6.07) is 9.34. The van der Waals surface area contributed by atoms with Crippen molar-refractivity contribution in [3.8, 4) is 0 Å². The summed E-state index contributed by atoms with van der Waals surface area (Å²) in [6.07, 6.45) is 5.28. The Bertz CT molecular complexity index is 382. The molecule has 3 heteroatoms. The molecule has 0 aliphatic carbocycles. The molecule has 0 aromatic heterocycles. The van der Waals surface area contributed by atoms with Crippen molar-refractivity contribution >= 4 is 9.84 Å². The van der Waals surface area contributed by atoms with E-state index in [0.717, 1.165) is 19.3 Å². The average Bonchev–Trinajstić information content (AvgIpc) is 2.30. The summed E-state index contributed by atoms with van der Waals surface area (Å²) in [6.45, 7) is 2.15. The van der Waals surface area contributed by atoms with Gasteiger partial charge in [-0.05, 0) is 24.6 Å². The Morgan fingerprint density at radius 3 is 2.31 bits per heavy atom. The van der Waals surface area contributed by atoms with Crippen LogP contribution < -0.4 is 0 Å². The fourth-order valence-corrected chi connectivity index (χ4v) is 2.96. The first-order valence-electron chi connectivity index (χ1n) is 5.85. The minimum absolute atomic E-state index is 0.265. The normalized spacial score (nSPS) is 11.6. The van der Waals surface area contributed by atoms with Crippen LogP contribution in [0.25, 0.3) is 0 Å². The van der Waals surface area contributed by atoms with E-state index >= 15 is 0 Å². The van der Waals surface area contributed by atoms with E-state index in [1.165, 1.54) is 12.8 Å². The number of unbranched alkanes of at least 4 members (excludes halogenated alkanes) is 4. The van der Waals surface area contributed by atoms with Crippen LogP contribution in [0.4, 0.5) is 0 Å². The minimum atomic E-state index is -3.07. The molecule has 1 rings (SSSR count). The summed E-state index contributed by atoms with van der Waals surface area (Å²) in [7, 11) is -3.07. The van der Waals surface area contributed by atoms with Crippen molar-refractivity contribution in [2.45, 2.75) is 43.9 Å². The fraction of sp³-hybridized carbons (Fsp3) is 0.538. The van der Waals surface area contributed by atoms with Crippen molar-refractivity contribution in [1.82, 2.24) is 0 Å². The van der Waals surface area contributed by atoms with Gasteiger partial charge in [0, 0.05) is 0 Å². The molecule has 0 fully saturated rings. The van der Waals surface area contributed by atoms with E-state index in [-0.39, 0.29) is 5.75 Å². The molecular weight excluding hydrogens is 220 g/mol. The highest BCUT2D eigenvalue weighted by Gasteiger charge is 2.12. The Morgan fingerprint density at radius 2 is 1.69 bits per heavy atom. The zero-order valence-corrected chi connectivity index (χ0v) is 10.6. The summed E-state index contributed by atoms with van der Waals surface area (Å²) in [5.74, 6) is 0.265. The molecule has 0 spiro atoms. The van der Waals surface area contributed by atoms with Crippen molar-refractivity contribution in [2.24, 2.45) is 0 Å². The number of rotatable bonds is 7. The molecule has 0 bridgehead atoms. The highest BCUT2D eigenvalue weighted by atomic mass is 32.2. The first-order valence-corrected chi connectivity index (χ1v) is 7.51. The van der Waals surface area contributed by atoms with Gasteiger partial charge in [0.05, 0.1) is 10.6 Å². The van der Waals surface area contributed by atoms with Crippen molar-refractivity contribution in [2.75, 3.05) is 5.75 Å². The molecule has 0 saturated carbocycles. The van der Waals surface area contributed by atoms with Gasteiger partial charge in [0.25, 0.3) is 0 Å². The molecule has 0 saturated heterocycles. The maximum Gasteiger partial charge on any atom is 0.178 e. The van der Waals surface area contributed by atoms with Gasteiger partial charge in [0.15, 0.2) is 9.84 Å². The van der Waals surface area contributed by atoms with Crippen LogP contribution in [0.15, 0.2) is 29.2 Å². The van der Waals surface area contributed by atoms with Crippen LogP contribution in [-0.2, 0) is 9.84 Å². The molecule has 16 heavy (non-hydrogen) atoms. The largest absolute Gasteiger partial charge is 0.224 e. The van der Waals surface area contributed by atoms with Crippen LogP contribution in [0.5, 0.6) is 0 Å². The summed E-state index contributed by atoms with van der Waals surface area (Å²) in [5.41, 5.74) is 0. The molecule has 1 radical (unpaired) electrons. The maximum absolute atomic E-state index is 11.9. The van der Waals surface area contributed by atoms with Crippen molar-refractivity contribution in [3.63, 3.8) is 0 Å². The summed E-state index contributed by atoms with van der Waals surface area (Å²) in [5, 5.41) is 0. The number of benzene rings is 1. The van der Waals surface area contributed by atoms with Gasteiger partial charge in [-0.1, -0.05) is 44.7 Å². The van der Waals surface area contributed by atoms with Crippen LogP contribution >= 0.6 is 0 Å². The molecule has 0 N–H and O–H groups in total. The molecule has 0 unspecified atom stereocenters. The second kappa shape index (κ2) is 6.69. The molecule has 0 heterocycles. The summed E-state index contributed by atoms with van der Waals surface area (Å²) >= 11 is 0. The third-order valence-corrected chi connectivity index (χ3v) is 4.38. The lowest BCUT2D eigenvalue weighted by Crippen LogP contribution is -2.06. The Morgan fingerprint density at radius 1 is 1.06 bits per heavy atom. The van der Waals surface area contributed by atoms with Crippen LogP contribution in [-0.4, -0.2) is 14.2 Å². The van der Waals surface area contributed by atoms with Crippen molar-refractivity contribution in [1.29, 1.82) is 0 Å². The summed E-state index contributed by atoms with van der Waals surface area (Å²) < 4.78 is 23.7. The SMILES string of the molecule is CCCCCCCS(=O)(=O)c1cc[c]cc1. The third-order valence-electron chi connectivity index (χ3n) is 2.56. The lowest BCUT2D eigenvalue weighted by atomic mass is 10.2. The summed E-state index contributed by atoms with van der Waals surface area (Å²) in [4.78, 5) is 0.418. The van der Waals surface area contributed by atoms with Gasteiger partial charge in [-0.3, -0.25) is 0 Å². The number of hydrogen-bond donors (Lipinski definition) is 0. The number of hydrogen-bond acceptors (Lipinski definition) is 2. The highest BCUT2D eigenvalue weighted by Crippen LogP contribution is 2.13. The molecule has 0 amide bonds. The van der Waals surface area contributed by atoms with Crippen LogP contribution in [0.1, 0.15) is 39.0 Å². The second-order valence-corrected chi connectivity index (χ2v) is 6.08.